The largest absolute Gasteiger partial charge is 0.456 e. The summed E-state index contributed by atoms with van der Waals surface area (Å²) in [7, 11) is 4.74. The normalized spacial score (nSPS) is 41.1. The molecule has 14 atom stereocenters. The summed E-state index contributed by atoms with van der Waals surface area (Å²) in [5.74, 6) is -7.25. The molecule has 0 aromatic heterocycles. The zero-order valence-electron chi connectivity index (χ0n) is 35.7. The number of rotatable bonds is 7. The van der Waals surface area contributed by atoms with Crippen molar-refractivity contribution in [3.05, 3.63) is 23.3 Å². The Morgan fingerprint density at radius 2 is 1.61 bits per heavy atom. The standard InChI is InChI=1S/C44H70ClNO11/c1-10-29-18-25(3)19-31(11-2)35(48)24-34(47)28(6)39(26(4)20-30-15-16-32(45)36(23-30)53-7)56-43(51)33-14-12-13-17-46(33)42(50)41(49)44(52)27(5)21-37(54-8)40(57-44)38(22-29)55-9/h19-20,27-34,36-40,47,52H,10-18,21-24H2,1-9H3/b25-19+,26-20+/t27-,28-,29+,30+,31+,32+,33+,34?,36-,37+,38-,39+,40-,44-/m1/s1. The van der Waals surface area contributed by atoms with Crippen LogP contribution < -0.4 is 0 Å². The molecule has 4 aliphatic rings. The van der Waals surface area contributed by atoms with Crippen LogP contribution in [0, 0.1) is 29.6 Å². The highest BCUT2D eigenvalue weighted by Crippen LogP contribution is 2.40. The minimum atomic E-state index is -2.49. The molecule has 3 aliphatic heterocycles. The first-order valence-corrected chi connectivity index (χ1v) is 21.7. The molecular formula is C44H70ClNO11. The van der Waals surface area contributed by atoms with Crippen LogP contribution in [0.3, 0.4) is 0 Å². The summed E-state index contributed by atoms with van der Waals surface area (Å²) >= 11 is 6.53. The molecule has 13 heteroatoms. The molecule has 324 valence electrons. The van der Waals surface area contributed by atoms with Gasteiger partial charge in [-0.1, -0.05) is 51.8 Å². The topological polar surface area (TPSA) is 158 Å². The third-order valence-electron chi connectivity index (χ3n) is 13.3. The third-order valence-corrected chi connectivity index (χ3v) is 13.8. The molecule has 57 heavy (non-hydrogen) atoms. The number of aliphatic hydroxyl groups excluding tert-OH is 1. The van der Waals surface area contributed by atoms with E-state index in [2.05, 4.69) is 6.92 Å². The van der Waals surface area contributed by atoms with Gasteiger partial charge < -0.3 is 38.8 Å². The van der Waals surface area contributed by atoms with Crippen molar-refractivity contribution in [3.8, 4) is 0 Å². The molecular weight excluding hydrogens is 754 g/mol. The van der Waals surface area contributed by atoms with Crippen LogP contribution >= 0.6 is 11.6 Å². The van der Waals surface area contributed by atoms with Gasteiger partial charge in [0.15, 0.2) is 0 Å². The summed E-state index contributed by atoms with van der Waals surface area (Å²) < 4.78 is 30.0. The summed E-state index contributed by atoms with van der Waals surface area (Å²) in [6.45, 7) is 11.4. The van der Waals surface area contributed by atoms with Gasteiger partial charge in [0.2, 0.25) is 5.79 Å². The summed E-state index contributed by atoms with van der Waals surface area (Å²) in [6.07, 6.45) is 6.03. The maximum absolute atomic E-state index is 14.3. The van der Waals surface area contributed by atoms with Crippen molar-refractivity contribution in [3.63, 3.8) is 0 Å². The fraction of sp³-hybridized carbons (Fsp3) is 0.818. The fourth-order valence-electron chi connectivity index (χ4n) is 9.51. The molecule has 1 aliphatic carbocycles. The van der Waals surface area contributed by atoms with Crippen LogP contribution in [0.4, 0.5) is 0 Å². The zero-order valence-corrected chi connectivity index (χ0v) is 36.5. The second-order valence-electron chi connectivity index (χ2n) is 17.3. The van der Waals surface area contributed by atoms with Gasteiger partial charge in [0.1, 0.15) is 24.0 Å². The number of amides is 1. The number of aliphatic hydroxyl groups is 2. The van der Waals surface area contributed by atoms with E-state index in [0.29, 0.717) is 44.1 Å². The maximum atomic E-state index is 14.3. The van der Waals surface area contributed by atoms with Gasteiger partial charge in [-0.25, -0.2) is 4.79 Å². The predicted molar refractivity (Wildman–Crippen MR) is 216 cm³/mol. The smallest absolute Gasteiger partial charge is 0.329 e. The number of Topliss-reactive ketones (excluding diaryl/α,β-unsaturated/α-hetero) is 2. The third kappa shape index (κ3) is 11.3. The first kappa shape index (κ1) is 47.5. The lowest BCUT2D eigenvalue weighted by Crippen LogP contribution is -2.64. The fourth-order valence-corrected chi connectivity index (χ4v) is 9.84. The molecule has 2 saturated heterocycles. The zero-order chi connectivity index (χ0) is 42.2. The summed E-state index contributed by atoms with van der Waals surface area (Å²) in [5.41, 5.74) is 1.73. The Morgan fingerprint density at radius 1 is 0.947 bits per heavy atom. The number of esters is 1. The molecule has 12 nitrogen and oxygen atoms in total. The maximum Gasteiger partial charge on any atom is 0.329 e. The molecule has 3 fully saturated rings. The number of halogens is 1. The van der Waals surface area contributed by atoms with Crippen molar-refractivity contribution in [1.82, 2.24) is 4.90 Å². The Morgan fingerprint density at radius 3 is 2.25 bits per heavy atom. The van der Waals surface area contributed by atoms with E-state index in [-0.39, 0.29) is 54.9 Å². The number of ketones is 2. The number of nitrogens with zero attached hydrogens (tertiary/aromatic N) is 1. The van der Waals surface area contributed by atoms with E-state index < -0.39 is 77.8 Å². The molecule has 1 amide bonds. The van der Waals surface area contributed by atoms with Crippen LogP contribution in [0.15, 0.2) is 23.3 Å². The lowest BCUT2D eigenvalue weighted by molar-refractivity contribution is -0.302. The second kappa shape index (κ2) is 21.4. The Bertz CT molecular complexity index is 1450. The molecule has 0 aromatic rings. The van der Waals surface area contributed by atoms with E-state index in [1.165, 1.54) is 4.90 Å². The number of methoxy groups -OCH3 is 3. The predicted octanol–water partition coefficient (Wildman–Crippen LogP) is 6.11. The van der Waals surface area contributed by atoms with Crippen molar-refractivity contribution < 1.29 is 53.1 Å². The first-order chi connectivity index (χ1) is 27.0. The number of allylic oxidation sites excluding steroid dienone is 3. The summed E-state index contributed by atoms with van der Waals surface area (Å²) in [4.78, 5) is 57.9. The van der Waals surface area contributed by atoms with E-state index in [1.54, 1.807) is 35.2 Å². The average Bonchev–Trinajstić information content (AvgIpc) is 3.20. The van der Waals surface area contributed by atoms with Gasteiger partial charge >= 0.3 is 5.97 Å². The van der Waals surface area contributed by atoms with Crippen LogP contribution in [0.25, 0.3) is 0 Å². The Kier molecular flexibility index (Phi) is 17.8. The molecule has 2 bridgehead atoms. The number of alkyl halides is 1. The molecule has 4 rings (SSSR count). The number of cyclic esters (lactones) is 1. The van der Waals surface area contributed by atoms with Gasteiger partial charge in [0, 0.05) is 52.0 Å². The van der Waals surface area contributed by atoms with Crippen molar-refractivity contribution >= 4 is 35.0 Å². The van der Waals surface area contributed by atoms with E-state index in [1.807, 2.05) is 32.9 Å². The molecule has 0 spiro atoms. The van der Waals surface area contributed by atoms with Crippen LogP contribution in [0.5, 0.6) is 0 Å². The SMILES string of the molecule is CC[C@H]1C/C(C)=C/[C@H](CC)C(=O)CC(O)[C@@H](C)[C@H](/C(C)=C/[C@@H]2CC[C@H](Cl)[C@H](OC)C2)OC(=O)[C@@H]2CCCCN2C(=O)C(=O)[C@]2(O)O[C@H]([C@@H](OC)C[C@H]2C)[C@H](OC)C1. The van der Waals surface area contributed by atoms with Crippen LogP contribution in [-0.2, 0) is 42.9 Å². The van der Waals surface area contributed by atoms with E-state index in [0.717, 1.165) is 24.8 Å². The van der Waals surface area contributed by atoms with E-state index in [4.69, 9.17) is 35.3 Å². The molecule has 3 heterocycles. The first-order valence-electron chi connectivity index (χ1n) is 21.3. The summed E-state index contributed by atoms with van der Waals surface area (Å²) in [6, 6.07) is -1.12. The molecule has 2 N–H and O–H groups in total. The van der Waals surface area contributed by atoms with E-state index >= 15 is 0 Å². The Labute approximate surface area is 345 Å². The lowest BCUT2D eigenvalue weighted by atomic mass is 9.81. The number of ether oxygens (including phenoxy) is 5. The Hall–Kier alpha value is -2.19. The highest BCUT2D eigenvalue weighted by molar-refractivity contribution is 6.39. The van der Waals surface area contributed by atoms with E-state index in [9.17, 15) is 29.4 Å². The van der Waals surface area contributed by atoms with Gasteiger partial charge in [-0.2, -0.15) is 0 Å². The van der Waals surface area contributed by atoms with Crippen LogP contribution in [0.2, 0.25) is 0 Å². The van der Waals surface area contributed by atoms with Gasteiger partial charge in [-0.15, -0.1) is 11.6 Å². The van der Waals surface area contributed by atoms with Gasteiger partial charge in [-0.3, -0.25) is 14.4 Å². The highest BCUT2D eigenvalue weighted by atomic mass is 35.5. The van der Waals surface area contributed by atoms with Crippen molar-refractivity contribution in [2.45, 2.75) is 172 Å². The second-order valence-corrected chi connectivity index (χ2v) is 17.8. The minimum Gasteiger partial charge on any atom is -0.456 e. The molecule has 1 unspecified atom stereocenters. The van der Waals surface area contributed by atoms with Crippen LogP contribution in [-0.4, -0.2) is 120 Å². The number of carbonyl (C=O) groups is 4. The van der Waals surface area contributed by atoms with Crippen molar-refractivity contribution in [2.75, 3.05) is 27.9 Å². The van der Waals surface area contributed by atoms with Gasteiger partial charge in [-0.05, 0) is 95.5 Å². The Balaban J connectivity index is 1.78. The van der Waals surface area contributed by atoms with Crippen molar-refractivity contribution in [2.24, 2.45) is 29.6 Å². The average molecular weight is 824 g/mol. The summed E-state index contributed by atoms with van der Waals surface area (Å²) in [5, 5.41) is 23.7. The van der Waals surface area contributed by atoms with Gasteiger partial charge in [0.05, 0.1) is 29.8 Å². The monoisotopic (exact) mass is 823 g/mol. The highest BCUT2D eigenvalue weighted by Gasteiger charge is 2.56. The van der Waals surface area contributed by atoms with Crippen LogP contribution in [0.1, 0.15) is 119 Å². The van der Waals surface area contributed by atoms with Crippen molar-refractivity contribution in [1.29, 1.82) is 0 Å². The number of carbonyl (C=O) groups excluding carboxylic acids is 4. The molecule has 1 saturated carbocycles. The number of piperidine rings is 1. The number of fused-ring (bicyclic) bond motifs is 3. The molecule has 0 radical (unpaired) electrons. The molecule has 0 aromatic carbocycles. The van der Waals surface area contributed by atoms with Gasteiger partial charge in [0.25, 0.3) is 11.7 Å². The minimum absolute atomic E-state index is 0.0761. The number of hydrogen-bond donors (Lipinski definition) is 2. The lowest BCUT2D eigenvalue weighted by Gasteiger charge is -2.47. The quantitative estimate of drug-likeness (QED) is 0.132. The number of hydrogen-bond acceptors (Lipinski definition) is 11.